The summed E-state index contributed by atoms with van der Waals surface area (Å²) in [5.74, 6) is 0. The molecule has 0 aromatic carbocycles. The van der Waals surface area contributed by atoms with Crippen LogP contribution < -0.4 is 0 Å². The third-order valence-electron chi connectivity index (χ3n) is 4.87. The van der Waals surface area contributed by atoms with Gasteiger partial charge in [-0.05, 0) is 36.3 Å². The molecule has 0 N–H and O–H groups in total. The van der Waals surface area contributed by atoms with E-state index in [2.05, 4.69) is 31.0 Å². The van der Waals surface area contributed by atoms with Crippen LogP contribution in [0.1, 0.15) is 60.8 Å². The van der Waals surface area contributed by atoms with Crippen LogP contribution in [0.2, 0.25) is 36.3 Å². The zero-order valence-corrected chi connectivity index (χ0v) is 18.9. The molecule has 0 fully saturated rings. The highest BCUT2D eigenvalue weighted by molar-refractivity contribution is 6.75. The molecule has 0 aliphatic carbocycles. The summed E-state index contributed by atoms with van der Waals surface area (Å²) in [4.78, 5) is 24.1. The van der Waals surface area contributed by atoms with Crippen LogP contribution >= 0.6 is 0 Å². The van der Waals surface area contributed by atoms with Gasteiger partial charge in [-0.25, -0.2) is 9.59 Å². The fourth-order valence-corrected chi connectivity index (χ4v) is 9.90. The molecular weight excluding hydrogens is 352 g/mol. The topological polar surface area (TPSA) is 77.3 Å². The largest absolute Gasteiger partial charge is 0.501 e. The Morgan fingerprint density at radius 3 is 1.24 bits per heavy atom. The lowest BCUT2D eigenvalue weighted by Crippen LogP contribution is -2.39. The van der Waals surface area contributed by atoms with Crippen LogP contribution in [-0.4, -0.2) is 28.8 Å². The summed E-state index contributed by atoms with van der Waals surface area (Å²) in [5, 5.41) is 6.95. The molecule has 0 saturated heterocycles. The number of amides is 2. The van der Waals surface area contributed by atoms with Crippen LogP contribution in [0.5, 0.6) is 0 Å². The minimum Gasteiger partial charge on any atom is -0.501 e. The van der Waals surface area contributed by atoms with Gasteiger partial charge in [0.15, 0.2) is 0 Å². The second-order valence-corrected chi connectivity index (χ2v) is 15.4. The highest BCUT2D eigenvalue weighted by Crippen LogP contribution is 2.28. The van der Waals surface area contributed by atoms with Crippen LogP contribution in [0.3, 0.4) is 0 Å². The van der Waals surface area contributed by atoms with Gasteiger partial charge in [-0.1, -0.05) is 71.0 Å². The van der Waals surface area contributed by atoms with E-state index in [1.54, 1.807) is 0 Å². The molecule has 2 amide bonds. The molecule has 0 heterocycles. The summed E-state index contributed by atoms with van der Waals surface area (Å²) >= 11 is 0. The number of azo groups is 1. The number of nitrogens with zero attached hydrogens (tertiary/aromatic N) is 2. The van der Waals surface area contributed by atoms with Gasteiger partial charge in [0, 0.05) is 0 Å². The molecule has 0 saturated carbocycles. The van der Waals surface area contributed by atoms with Gasteiger partial charge >= 0.3 is 12.2 Å². The quantitative estimate of drug-likeness (QED) is 0.285. The monoisotopic (exact) mass is 388 g/mol. The van der Waals surface area contributed by atoms with E-state index in [4.69, 9.17) is 8.85 Å². The molecule has 146 valence electrons. The Labute approximate surface area is 155 Å². The maximum atomic E-state index is 12.1. The van der Waals surface area contributed by atoms with Gasteiger partial charge in [-0.3, -0.25) is 0 Å². The lowest BCUT2D eigenvalue weighted by Gasteiger charge is -2.29. The normalized spacial score (nSPS) is 12.4. The molecule has 0 spiro atoms. The fourth-order valence-electron chi connectivity index (χ4n) is 3.35. The molecule has 0 rings (SSSR count). The van der Waals surface area contributed by atoms with Crippen LogP contribution in [-0.2, 0) is 8.85 Å². The Balaban J connectivity index is 4.93. The number of carbonyl (C=O) groups is 2. The Morgan fingerprint density at radius 1 is 0.640 bits per heavy atom. The van der Waals surface area contributed by atoms with Crippen LogP contribution in [0.4, 0.5) is 9.59 Å². The number of rotatable bonds is 11. The predicted molar refractivity (Wildman–Crippen MR) is 106 cm³/mol. The first-order valence-electron chi connectivity index (χ1n) is 9.74. The number of carbonyl (C=O) groups excluding carboxylic acids is 2. The highest BCUT2D eigenvalue weighted by atomic mass is 28.4. The fraction of sp³-hybridized carbons (Fsp3) is 0.882. The van der Waals surface area contributed by atoms with Crippen molar-refractivity contribution >= 4 is 28.8 Å². The zero-order valence-electron chi connectivity index (χ0n) is 16.9. The molecule has 0 aromatic heterocycles. The van der Waals surface area contributed by atoms with E-state index >= 15 is 0 Å². The Bertz CT molecular complexity index is 415. The number of hydrogen-bond acceptors (Lipinski definition) is 4. The van der Waals surface area contributed by atoms with Gasteiger partial charge in [0.2, 0.25) is 0 Å². The molecule has 0 aromatic rings. The van der Waals surface area contributed by atoms with Crippen molar-refractivity contribution in [3.05, 3.63) is 0 Å². The smallest absolute Gasteiger partial charge is 0.439 e. The van der Waals surface area contributed by atoms with Crippen molar-refractivity contribution in [1.29, 1.82) is 0 Å². The van der Waals surface area contributed by atoms with Crippen molar-refractivity contribution in [2.75, 3.05) is 0 Å². The summed E-state index contributed by atoms with van der Waals surface area (Å²) < 4.78 is 11.3. The van der Waals surface area contributed by atoms with E-state index in [1.807, 2.05) is 20.8 Å². The summed E-state index contributed by atoms with van der Waals surface area (Å²) in [6.45, 7) is 12.4. The van der Waals surface area contributed by atoms with Crippen LogP contribution in [0.15, 0.2) is 10.2 Å². The molecule has 0 unspecified atom stereocenters. The number of hydrogen-bond donors (Lipinski definition) is 0. The van der Waals surface area contributed by atoms with Crippen molar-refractivity contribution in [2.24, 2.45) is 10.2 Å². The Kier molecular flexibility index (Phi) is 11.8. The lowest BCUT2D eigenvalue weighted by molar-refractivity contribution is 0.196. The van der Waals surface area contributed by atoms with Gasteiger partial charge in [-0.15, -0.1) is 0 Å². The van der Waals surface area contributed by atoms with Gasteiger partial charge in [0.05, 0.1) is 0 Å². The molecule has 6 nitrogen and oxygen atoms in total. The van der Waals surface area contributed by atoms with Crippen molar-refractivity contribution in [2.45, 2.75) is 97.1 Å². The first-order valence-corrected chi connectivity index (χ1v) is 14.8. The van der Waals surface area contributed by atoms with Gasteiger partial charge < -0.3 is 8.85 Å². The second-order valence-electron chi connectivity index (χ2n) is 6.61. The Morgan fingerprint density at radius 2 is 0.960 bits per heavy atom. The standard InChI is InChI=1S/C17H36N2O4Si2/c1-7-13-25(14-8-2,15-9-3)23-17(21)19-18-16(20)22-24(10-4,11-5)12-6/h7-15H2,1-6H3/b19-18+. The zero-order chi connectivity index (χ0) is 19.3. The average Bonchev–Trinajstić information content (AvgIpc) is 2.59. The summed E-state index contributed by atoms with van der Waals surface area (Å²) in [6, 6.07) is 5.30. The molecule has 8 heteroatoms. The summed E-state index contributed by atoms with van der Waals surface area (Å²) in [5.41, 5.74) is 0. The SMILES string of the molecule is CCC[Si](CCC)(CCC)OC(=O)/N=N/C(=O)O[Si](CC)(CC)CC. The molecule has 0 aliphatic heterocycles. The van der Waals surface area contributed by atoms with Crippen molar-refractivity contribution in [3.63, 3.8) is 0 Å². The van der Waals surface area contributed by atoms with E-state index < -0.39 is 28.8 Å². The molecule has 0 aliphatic rings. The van der Waals surface area contributed by atoms with E-state index in [1.165, 1.54) is 0 Å². The second kappa shape index (κ2) is 12.3. The van der Waals surface area contributed by atoms with Gasteiger partial charge in [-0.2, -0.15) is 0 Å². The Hall–Kier alpha value is -1.03. The molecule has 25 heavy (non-hydrogen) atoms. The van der Waals surface area contributed by atoms with E-state index in [0.29, 0.717) is 0 Å². The highest BCUT2D eigenvalue weighted by Gasteiger charge is 2.36. The maximum Gasteiger partial charge on any atom is 0.439 e. The molecule has 0 bridgehead atoms. The van der Waals surface area contributed by atoms with E-state index in [9.17, 15) is 9.59 Å². The van der Waals surface area contributed by atoms with Crippen molar-refractivity contribution < 1.29 is 18.4 Å². The van der Waals surface area contributed by atoms with E-state index in [0.717, 1.165) is 55.5 Å². The third kappa shape index (κ3) is 8.26. The summed E-state index contributed by atoms with van der Waals surface area (Å²) in [7, 11) is -4.23. The first-order chi connectivity index (χ1) is 11.9. The van der Waals surface area contributed by atoms with E-state index in [-0.39, 0.29) is 0 Å². The lowest BCUT2D eigenvalue weighted by atomic mass is 10.6. The maximum absolute atomic E-state index is 12.1. The minimum absolute atomic E-state index is 0.740. The summed E-state index contributed by atoms with van der Waals surface area (Å²) in [6.07, 6.45) is 1.45. The van der Waals surface area contributed by atoms with Crippen molar-refractivity contribution in [3.8, 4) is 0 Å². The molecular formula is C17H36N2O4Si2. The minimum atomic E-state index is -2.14. The molecule has 0 radical (unpaired) electrons. The van der Waals surface area contributed by atoms with Crippen molar-refractivity contribution in [1.82, 2.24) is 0 Å². The van der Waals surface area contributed by atoms with Gasteiger partial charge in [0.25, 0.3) is 16.6 Å². The first kappa shape index (κ1) is 24.0. The third-order valence-corrected chi connectivity index (χ3v) is 14.2. The predicted octanol–water partition coefficient (Wildman–Crippen LogP) is 6.89. The average molecular weight is 389 g/mol. The van der Waals surface area contributed by atoms with Gasteiger partial charge in [0.1, 0.15) is 0 Å². The molecule has 0 atom stereocenters. The van der Waals surface area contributed by atoms with Crippen LogP contribution in [0.25, 0.3) is 0 Å². The van der Waals surface area contributed by atoms with Crippen LogP contribution in [0, 0.1) is 0 Å².